The molecule has 0 aliphatic rings. The number of nitro benzene ring substituents is 1. The maximum absolute atomic E-state index is 12.5. The fraction of sp³-hybridized carbons (Fsp3) is 0.200. The molecule has 1 N–H and O–H groups in total. The van der Waals surface area contributed by atoms with Crippen molar-refractivity contribution >= 4 is 56.6 Å². The second kappa shape index (κ2) is 12.8. The first-order valence-electron chi connectivity index (χ1n) is 10.8. The summed E-state index contributed by atoms with van der Waals surface area (Å²) in [5.74, 6) is -0.290. The first-order valence-corrected chi connectivity index (χ1v) is 12.4. The molecule has 0 fully saturated rings. The van der Waals surface area contributed by atoms with Gasteiger partial charge in [0.1, 0.15) is 11.5 Å². The number of carbonyl (C=O) groups is 2. The molecule has 3 aromatic carbocycles. The van der Waals surface area contributed by atoms with Gasteiger partial charge < -0.3 is 19.7 Å². The number of ether oxygens (including phenoxy) is 2. The van der Waals surface area contributed by atoms with Crippen LogP contribution in [0.4, 0.5) is 5.69 Å². The molecule has 194 valence electrons. The molecule has 0 saturated carbocycles. The van der Waals surface area contributed by atoms with E-state index in [1.165, 1.54) is 31.2 Å². The van der Waals surface area contributed by atoms with Gasteiger partial charge in [0.2, 0.25) is 0 Å². The molecular weight excluding hydrogens is 589 g/mol. The highest BCUT2D eigenvalue weighted by atomic mass is 79.9. The Morgan fingerprint density at radius 2 is 1.76 bits per heavy atom. The van der Waals surface area contributed by atoms with Crippen LogP contribution in [-0.2, 0) is 22.6 Å². The highest BCUT2D eigenvalue weighted by Crippen LogP contribution is 2.32. The average Bonchev–Trinajstić information content (AvgIpc) is 2.87. The van der Waals surface area contributed by atoms with E-state index in [1.807, 2.05) is 0 Å². The lowest BCUT2D eigenvalue weighted by molar-refractivity contribution is -0.385. The van der Waals surface area contributed by atoms with Crippen LogP contribution in [0, 0.1) is 10.1 Å². The molecule has 12 heteroatoms. The van der Waals surface area contributed by atoms with Gasteiger partial charge in [-0.05, 0) is 47.9 Å². The third-order valence-electron chi connectivity index (χ3n) is 5.24. The van der Waals surface area contributed by atoms with E-state index in [1.54, 1.807) is 42.5 Å². The maximum atomic E-state index is 12.5. The molecule has 3 aromatic rings. The van der Waals surface area contributed by atoms with Gasteiger partial charge in [0, 0.05) is 36.7 Å². The molecule has 0 unspecified atom stereocenters. The van der Waals surface area contributed by atoms with Gasteiger partial charge in [0.05, 0.1) is 22.1 Å². The summed E-state index contributed by atoms with van der Waals surface area (Å²) in [6.45, 7) is 0.302. The summed E-state index contributed by atoms with van der Waals surface area (Å²) in [4.78, 5) is 36.8. The zero-order valence-corrected chi connectivity index (χ0v) is 22.9. The van der Waals surface area contributed by atoms with Gasteiger partial charge in [-0.2, -0.15) is 0 Å². The molecule has 0 aliphatic carbocycles. The summed E-state index contributed by atoms with van der Waals surface area (Å²) in [6.07, 6.45) is 0.305. The minimum atomic E-state index is -0.777. The number of hydrogen-bond acceptors (Lipinski definition) is 6. The van der Waals surface area contributed by atoms with E-state index < -0.39 is 16.7 Å². The second-order valence-electron chi connectivity index (χ2n) is 7.86. The van der Waals surface area contributed by atoms with Crippen LogP contribution in [0.25, 0.3) is 0 Å². The molecule has 0 radical (unpaired) electrons. The topological polar surface area (TPSA) is 111 Å². The summed E-state index contributed by atoms with van der Waals surface area (Å²) < 4.78 is 11.5. The van der Waals surface area contributed by atoms with Crippen molar-refractivity contribution in [1.82, 2.24) is 10.2 Å². The first kappa shape index (κ1) is 28.2. The van der Waals surface area contributed by atoms with Gasteiger partial charge >= 0.3 is 17.5 Å². The van der Waals surface area contributed by atoms with Crippen LogP contribution in [0.15, 0.2) is 59.1 Å². The smallest absolute Gasteiger partial charge is 0.311 e. The van der Waals surface area contributed by atoms with Crippen LogP contribution >= 0.6 is 39.1 Å². The molecule has 0 aromatic heterocycles. The van der Waals surface area contributed by atoms with Gasteiger partial charge in [-0.3, -0.25) is 19.7 Å². The number of methoxy groups -OCH3 is 1. The lowest BCUT2D eigenvalue weighted by Crippen LogP contribution is -2.41. The van der Waals surface area contributed by atoms with Crippen molar-refractivity contribution in [2.75, 3.05) is 20.7 Å². The highest BCUT2D eigenvalue weighted by Gasteiger charge is 2.20. The van der Waals surface area contributed by atoms with E-state index in [-0.39, 0.29) is 24.5 Å². The fourth-order valence-electron chi connectivity index (χ4n) is 3.33. The fourth-order valence-corrected chi connectivity index (χ4v) is 4.10. The van der Waals surface area contributed by atoms with Crippen molar-refractivity contribution in [3.8, 4) is 17.2 Å². The second-order valence-corrected chi connectivity index (χ2v) is 9.53. The zero-order chi connectivity index (χ0) is 27.1. The zero-order valence-electron chi connectivity index (χ0n) is 19.8. The lowest BCUT2D eigenvalue weighted by atomic mass is 10.1. The van der Waals surface area contributed by atoms with Crippen molar-refractivity contribution in [3.63, 3.8) is 0 Å². The van der Waals surface area contributed by atoms with Crippen LogP contribution in [0.2, 0.25) is 10.0 Å². The number of rotatable bonds is 9. The number of likely N-dealkylation sites (N-methyl/N-ethyl adjacent to an activating group) is 1. The summed E-state index contributed by atoms with van der Waals surface area (Å²) in [5.41, 5.74) is 1.22. The van der Waals surface area contributed by atoms with Crippen LogP contribution in [0.1, 0.15) is 11.1 Å². The number of nitrogens with one attached hydrogen (secondary N) is 1. The predicted octanol–water partition coefficient (Wildman–Crippen LogP) is 5.78. The number of benzene rings is 3. The summed E-state index contributed by atoms with van der Waals surface area (Å²) in [7, 11) is 2.87. The van der Waals surface area contributed by atoms with Crippen molar-refractivity contribution < 1.29 is 24.0 Å². The van der Waals surface area contributed by atoms with Crippen molar-refractivity contribution in [1.29, 1.82) is 0 Å². The SMILES string of the molecule is COc1ccc(CCNC(=O)C(=O)N(C)Cc2ccc(Oc3ccc(Cl)c(Cl)c3)cc2Br)cc1[N+](=O)[O-]. The van der Waals surface area contributed by atoms with Crippen LogP contribution in [-0.4, -0.2) is 42.3 Å². The molecule has 37 heavy (non-hydrogen) atoms. The van der Waals surface area contributed by atoms with Crippen molar-refractivity contribution in [2.45, 2.75) is 13.0 Å². The number of hydrogen-bond donors (Lipinski definition) is 1. The highest BCUT2D eigenvalue weighted by molar-refractivity contribution is 9.10. The normalized spacial score (nSPS) is 10.5. The van der Waals surface area contributed by atoms with Gasteiger partial charge in [0.15, 0.2) is 5.75 Å². The number of nitro groups is 1. The molecule has 0 spiro atoms. The van der Waals surface area contributed by atoms with E-state index in [0.717, 1.165) is 5.56 Å². The molecule has 0 saturated heterocycles. The largest absolute Gasteiger partial charge is 0.490 e. The molecule has 0 atom stereocenters. The van der Waals surface area contributed by atoms with Gasteiger partial charge in [-0.1, -0.05) is 51.3 Å². The number of nitrogens with zero attached hydrogens (tertiary/aromatic N) is 2. The Labute approximate surface area is 231 Å². The molecule has 3 rings (SSSR count). The van der Waals surface area contributed by atoms with Gasteiger partial charge in [-0.15, -0.1) is 0 Å². The molecule has 0 bridgehead atoms. The van der Waals surface area contributed by atoms with Crippen molar-refractivity contribution in [3.05, 3.63) is 90.4 Å². The van der Waals surface area contributed by atoms with Gasteiger partial charge in [-0.25, -0.2) is 0 Å². The predicted molar refractivity (Wildman–Crippen MR) is 144 cm³/mol. The van der Waals surface area contributed by atoms with E-state index in [2.05, 4.69) is 21.2 Å². The minimum Gasteiger partial charge on any atom is -0.490 e. The Balaban J connectivity index is 1.54. The minimum absolute atomic E-state index is 0.131. The molecule has 0 heterocycles. The maximum Gasteiger partial charge on any atom is 0.311 e. The van der Waals surface area contributed by atoms with E-state index in [0.29, 0.717) is 38.0 Å². The summed E-state index contributed by atoms with van der Waals surface area (Å²) in [6, 6.07) is 14.7. The Bertz CT molecular complexity index is 1340. The average molecular weight is 611 g/mol. The van der Waals surface area contributed by atoms with Crippen LogP contribution < -0.4 is 14.8 Å². The van der Waals surface area contributed by atoms with E-state index >= 15 is 0 Å². The van der Waals surface area contributed by atoms with Crippen LogP contribution in [0.3, 0.4) is 0 Å². The summed E-state index contributed by atoms with van der Waals surface area (Å²) in [5, 5.41) is 14.5. The molecule has 2 amide bonds. The van der Waals surface area contributed by atoms with Crippen LogP contribution in [0.5, 0.6) is 17.2 Å². The third kappa shape index (κ3) is 7.58. The molecule has 0 aliphatic heterocycles. The standard InChI is InChI=1S/C25H22BrCl2N3O6/c1-30(14-16-4-5-17(12-19(16)26)37-18-6-7-20(27)21(28)13-18)25(33)24(32)29-10-9-15-3-8-23(36-2)22(11-15)31(34)35/h3-8,11-13H,9-10,14H2,1-2H3,(H,29,32). The Morgan fingerprint density at radius 3 is 2.41 bits per heavy atom. The first-order chi connectivity index (χ1) is 17.6. The Hall–Kier alpha value is -3.34. The molecular formula is C25H22BrCl2N3O6. The Morgan fingerprint density at radius 1 is 1.05 bits per heavy atom. The number of amides is 2. The van der Waals surface area contributed by atoms with E-state index in [4.69, 9.17) is 32.7 Å². The molecule has 9 nitrogen and oxygen atoms in total. The monoisotopic (exact) mass is 609 g/mol. The number of carbonyl (C=O) groups excluding carboxylic acids is 2. The van der Waals surface area contributed by atoms with Gasteiger partial charge in [0.25, 0.3) is 0 Å². The summed E-state index contributed by atoms with van der Waals surface area (Å²) >= 11 is 15.4. The lowest BCUT2D eigenvalue weighted by Gasteiger charge is -2.18. The Kier molecular flexibility index (Phi) is 9.73. The van der Waals surface area contributed by atoms with E-state index in [9.17, 15) is 19.7 Å². The van der Waals surface area contributed by atoms with Crippen molar-refractivity contribution in [2.24, 2.45) is 0 Å². The quantitative estimate of drug-likeness (QED) is 0.187. The third-order valence-corrected chi connectivity index (χ3v) is 6.72. The number of halogens is 3.